The SMILES string of the molecule is Cc1cc(C)c(S(=O)(=O)/N=C2/C=C(Sc3ncn[nH]3)C(=O)c3ccccc32)cc1C. The summed E-state index contributed by atoms with van der Waals surface area (Å²) in [5, 5.41) is 6.90. The lowest BCUT2D eigenvalue weighted by molar-refractivity contribution is 0.104. The zero-order chi connectivity index (χ0) is 21.5. The molecule has 0 spiro atoms. The number of sulfonamides is 1. The van der Waals surface area contributed by atoms with Crippen LogP contribution >= 0.6 is 11.8 Å². The number of hydrogen-bond donors (Lipinski definition) is 1. The van der Waals surface area contributed by atoms with Gasteiger partial charge in [0.15, 0.2) is 5.16 Å². The first-order valence-corrected chi connectivity index (χ1v) is 11.3. The monoisotopic (exact) mass is 438 g/mol. The molecule has 0 atom stereocenters. The maximum Gasteiger partial charge on any atom is 0.283 e. The van der Waals surface area contributed by atoms with Gasteiger partial charge in [0.1, 0.15) is 6.33 Å². The van der Waals surface area contributed by atoms with Crippen molar-refractivity contribution < 1.29 is 13.2 Å². The second-order valence-electron chi connectivity index (χ2n) is 6.93. The van der Waals surface area contributed by atoms with E-state index in [1.807, 2.05) is 19.9 Å². The summed E-state index contributed by atoms with van der Waals surface area (Å²) < 4.78 is 30.5. The predicted molar refractivity (Wildman–Crippen MR) is 115 cm³/mol. The fourth-order valence-electron chi connectivity index (χ4n) is 3.19. The molecule has 0 fully saturated rings. The quantitative estimate of drug-likeness (QED) is 0.665. The molecule has 0 aliphatic heterocycles. The molecular weight excluding hydrogens is 420 g/mol. The summed E-state index contributed by atoms with van der Waals surface area (Å²) >= 11 is 1.08. The molecule has 0 bridgehead atoms. The van der Waals surface area contributed by atoms with E-state index in [1.54, 1.807) is 37.3 Å². The van der Waals surface area contributed by atoms with Crippen LogP contribution in [0.5, 0.6) is 0 Å². The van der Waals surface area contributed by atoms with E-state index in [-0.39, 0.29) is 16.4 Å². The summed E-state index contributed by atoms with van der Waals surface area (Å²) in [7, 11) is -3.99. The number of thioether (sulfide) groups is 1. The molecule has 1 aromatic heterocycles. The van der Waals surface area contributed by atoms with Crippen molar-refractivity contribution in [3.05, 3.63) is 81.5 Å². The van der Waals surface area contributed by atoms with Gasteiger partial charge in [-0.05, 0) is 61.4 Å². The third-order valence-electron chi connectivity index (χ3n) is 4.83. The number of carbonyl (C=O) groups is 1. The molecule has 1 heterocycles. The van der Waals surface area contributed by atoms with Crippen molar-refractivity contribution in [1.82, 2.24) is 15.2 Å². The Labute approximate surface area is 178 Å². The van der Waals surface area contributed by atoms with Gasteiger partial charge >= 0.3 is 0 Å². The third kappa shape index (κ3) is 3.73. The zero-order valence-corrected chi connectivity index (χ0v) is 18.1. The van der Waals surface area contributed by atoms with Gasteiger partial charge in [-0.15, -0.1) is 0 Å². The number of allylic oxidation sites excluding steroid dienone is 2. The van der Waals surface area contributed by atoms with Crippen molar-refractivity contribution in [3.8, 4) is 0 Å². The minimum absolute atomic E-state index is 0.158. The lowest BCUT2D eigenvalue weighted by Gasteiger charge is -2.16. The lowest BCUT2D eigenvalue weighted by atomic mass is 9.94. The Balaban J connectivity index is 1.86. The van der Waals surface area contributed by atoms with Gasteiger partial charge in [-0.3, -0.25) is 9.89 Å². The van der Waals surface area contributed by atoms with E-state index in [4.69, 9.17) is 0 Å². The number of fused-ring (bicyclic) bond motifs is 1. The molecule has 0 saturated heterocycles. The molecule has 0 radical (unpaired) electrons. The van der Waals surface area contributed by atoms with Crippen LogP contribution in [0.15, 0.2) is 68.2 Å². The molecule has 152 valence electrons. The van der Waals surface area contributed by atoms with Crippen molar-refractivity contribution in [2.24, 2.45) is 4.40 Å². The minimum Gasteiger partial charge on any atom is -0.288 e. The molecule has 1 aliphatic rings. The number of benzene rings is 2. The fourth-order valence-corrected chi connectivity index (χ4v) is 5.27. The Kier molecular flexibility index (Phi) is 5.17. The maximum absolute atomic E-state index is 13.2. The molecule has 30 heavy (non-hydrogen) atoms. The normalized spacial score (nSPS) is 15.2. The largest absolute Gasteiger partial charge is 0.288 e. The molecule has 0 unspecified atom stereocenters. The maximum atomic E-state index is 13.2. The van der Waals surface area contributed by atoms with Crippen molar-refractivity contribution in [2.45, 2.75) is 30.8 Å². The molecule has 3 aromatic rings. The highest BCUT2D eigenvalue weighted by Crippen LogP contribution is 2.32. The van der Waals surface area contributed by atoms with E-state index in [0.29, 0.717) is 26.8 Å². The molecule has 4 rings (SSSR count). The zero-order valence-electron chi connectivity index (χ0n) is 16.5. The standard InChI is InChI=1S/C21H18N4O3S2/c1-12-8-14(3)19(9-13(12)2)30(27,28)25-17-10-18(29-21-22-11-23-24-21)20(26)16-7-5-4-6-15(16)17/h4-11H,1-3H3,(H,22,23,24)/b25-17-. The highest BCUT2D eigenvalue weighted by Gasteiger charge is 2.27. The number of ketones is 1. The summed E-state index contributed by atoms with van der Waals surface area (Å²) in [5.41, 5.74) is 3.60. The van der Waals surface area contributed by atoms with E-state index >= 15 is 0 Å². The van der Waals surface area contributed by atoms with E-state index < -0.39 is 10.0 Å². The first-order chi connectivity index (χ1) is 14.3. The number of nitrogens with zero attached hydrogens (tertiary/aromatic N) is 3. The third-order valence-corrected chi connectivity index (χ3v) is 7.17. The van der Waals surface area contributed by atoms with Gasteiger partial charge in [-0.2, -0.15) is 17.9 Å². The number of aromatic amines is 1. The van der Waals surface area contributed by atoms with Crippen LogP contribution in [0.3, 0.4) is 0 Å². The molecule has 0 amide bonds. The van der Waals surface area contributed by atoms with Crippen molar-refractivity contribution in [2.75, 3.05) is 0 Å². The van der Waals surface area contributed by atoms with E-state index in [9.17, 15) is 13.2 Å². The van der Waals surface area contributed by atoms with Gasteiger partial charge in [0, 0.05) is 11.1 Å². The number of rotatable bonds is 4. The van der Waals surface area contributed by atoms with Crippen molar-refractivity contribution in [1.29, 1.82) is 0 Å². The van der Waals surface area contributed by atoms with Crippen LogP contribution in [-0.4, -0.2) is 35.1 Å². The Morgan fingerprint density at radius 1 is 1.00 bits per heavy atom. The van der Waals surface area contributed by atoms with Gasteiger partial charge in [0.2, 0.25) is 5.78 Å². The Morgan fingerprint density at radius 3 is 2.40 bits per heavy atom. The number of H-pyrrole nitrogens is 1. The molecule has 1 N–H and O–H groups in total. The summed E-state index contributed by atoms with van der Waals surface area (Å²) in [6.45, 7) is 5.55. The van der Waals surface area contributed by atoms with Gasteiger partial charge in [-0.1, -0.05) is 30.3 Å². The summed E-state index contributed by atoms with van der Waals surface area (Å²) in [4.78, 5) is 17.4. The second kappa shape index (κ2) is 7.66. The highest BCUT2D eigenvalue weighted by molar-refractivity contribution is 8.04. The molecule has 7 nitrogen and oxygen atoms in total. The summed E-state index contributed by atoms with van der Waals surface area (Å²) in [6, 6.07) is 10.3. The first-order valence-electron chi connectivity index (χ1n) is 9.08. The Bertz CT molecular complexity index is 1320. The van der Waals surface area contributed by atoms with Gasteiger partial charge in [0.05, 0.1) is 15.5 Å². The fraction of sp³-hybridized carbons (Fsp3) is 0.143. The average molecular weight is 439 g/mol. The molecule has 0 saturated carbocycles. The average Bonchev–Trinajstić information content (AvgIpc) is 3.21. The highest BCUT2D eigenvalue weighted by atomic mass is 32.2. The molecule has 2 aromatic carbocycles. The van der Waals surface area contributed by atoms with Crippen molar-refractivity contribution >= 4 is 33.3 Å². The number of Topliss-reactive ketones (excluding diaryl/α,β-unsaturated/α-hetero) is 1. The molecule has 1 aliphatic carbocycles. The van der Waals surface area contributed by atoms with Gasteiger partial charge in [0.25, 0.3) is 10.0 Å². The lowest BCUT2D eigenvalue weighted by Crippen LogP contribution is -2.17. The van der Waals surface area contributed by atoms with Gasteiger partial charge < -0.3 is 0 Å². The van der Waals surface area contributed by atoms with E-state index in [2.05, 4.69) is 19.6 Å². The van der Waals surface area contributed by atoms with Crippen molar-refractivity contribution in [3.63, 3.8) is 0 Å². The number of aryl methyl sites for hydroxylation is 3. The van der Waals surface area contributed by atoms with Crippen LogP contribution < -0.4 is 0 Å². The smallest absolute Gasteiger partial charge is 0.283 e. The Hall–Kier alpha value is -3.04. The Morgan fingerprint density at radius 2 is 1.70 bits per heavy atom. The molecular formula is C21H18N4O3S2. The van der Waals surface area contributed by atoms with Gasteiger partial charge in [-0.25, -0.2) is 4.98 Å². The van der Waals surface area contributed by atoms with Crippen LogP contribution in [0.25, 0.3) is 0 Å². The number of carbonyl (C=O) groups excluding carboxylic acids is 1. The van der Waals surface area contributed by atoms with Crippen LogP contribution in [-0.2, 0) is 10.0 Å². The van der Waals surface area contributed by atoms with E-state index in [0.717, 1.165) is 22.9 Å². The molecule has 9 heteroatoms. The van der Waals surface area contributed by atoms with Crippen LogP contribution in [0.4, 0.5) is 0 Å². The topological polar surface area (TPSA) is 105 Å². The first kappa shape index (κ1) is 20.2. The minimum atomic E-state index is -3.99. The number of nitrogens with one attached hydrogen (secondary N) is 1. The predicted octanol–water partition coefficient (Wildman–Crippen LogP) is 3.78. The van der Waals surface area contributed by atoms with Crippen LogP contribution in [0, 0.1) is 20.8 Å². The van der Waals surface area contributed by atoms with Crippen LogP contribution in [0.2, 0.25) is 0 Å². The number of hydrogen-bond acceptors (Lipinski definition) is 6. The van der Waals surface area contributed by atoms with Crippen LogP contribution in [0.1, 0.15) is 32.6 Å². The summed E-state index contributed by atoms with van der Waals surface area (Å²) in [6.07, 6.45) is 2.83. The summed E-state index contributed by atoms with van der Waals surface area (Å²) in [5.74, 6) is -0.217. The second-order valence-corrected chi connectivity index (χ2v) is 9.53. The number of aromatic nitrogens is 3. The van der Waals surface area contributed by atoms with E-state index in [1.165, 1.54) is 12.4 Å².